The molecule has 5 nitrogen and oxygen atoms in total. The first-order valence-electron chi connectivity index (χ1n) is 9.76. The summed E-state index contributed by atoms with van der Waals surface area (Å²) in [5.74, 6) is 0.756. The summed E-state index contributed by atoms with van der Waals surface area (Å²) in [4.78, 5) is 13.0. The number of nitrogens with zero attached hydrogens (tertiary/aromatic N) is 1. The number of nitrogens with one attached hydrogen (secondary N) is 1. The third-order valence-electron chi connectivity index (χ3n) is 5.00. The Kier molecular flexibility index (Phi) is 7.22. The van der Waals surface area contributed by atoms with E-state index in [9.17, 15) is 4.79 Å². The van der Waals surface area contributed by atoms with Crippen molar-refractivity contribution in [2.75, 3.05) is 14.2 Å². The number of amides is 1. The first kappa shape index (κ1) is 21.1. The molecule has 1 N–H and O–H groups in total. The Hall–Kier alpha value is -3.60. The van der Waals surface area contributed by atoms with Gasteiger partial charge in [0.1, 0.15) is 0 Å². The van der Waals surface area contributed by atoms with Crippen LogP contribution in [0, 0.1) is 6.92 Å². The Labute approximate surface area is 177 Å². The Morgan fingerprint density at radius 3 is 2.37 bits per heavy atom. The number of hydrogen-bond acceptors (Lipinski definition) is 4. The molecule has 0 fully saturated rings. The van der Waals surface area contributed by atoms with Crippen LogP contribution in [0.5, 0.6) is 11.5 Å². The fraction of sp³-hybridized carbons (Fsp3) is 0.200. The second-order valence-corrected chi connectivity index (χ2v) is 6.94. The topological polar surface area (TPSA) is 59.9 Å². The van der Waals surface area contributed by atoms with Crippen molar-refractivity contribution in [1.82, 2.24) is 5.43 Å². The van der Waals surface area contributed by atoms with Gasteiger partial charge in [0.15, 0.2) is 11.5 Å². The zero-order chi connectivity index (χ0) is 21.3. The van der Waals surface area contributed by atoms with Gasteiger partial charge in [0, 0.05) is 0 Å². The molecule has 0 heterocycles. The predicted octanol–water partition coefficient (Wildman–Crippen LogP) is 4.49. The van der Waals surface area contributed by atoms with Crippen LogP contribution in [0.25, 0.3) is 0 Å². The normalized spacial score (nSPS) is 11.8. The summed E-state index contributed by atoms with van der Waals surface area (Å²) in [6.07, 6.45) is 2.20. The number of aryl methyl sites for hydroxylation is 1. The van der Waals surface area contributed by atoms with Crippen molar-refractivity contribution in [2.24, 2.45) is 5.10 Å². The highest BCUT2D eigenvalue weighted by Crippen LogP contribution is 2.27. The third-order valence-corrected chi connectivity index (χ3v) is 5.00. The number of hydrogen-bond donors (Lipinski definition) is 1. The van der Waals surface area contributed by atoms with E-state index >= 15 is 0 Å². The molecule has 0 aromatic heterocycles. The molecule has 0 aliphatic heterocycles. The lowest BCUT2D eigenvalue weighted by atomic mass is 9.90. The zero-order valence-corrected chi connectivity index (χ0v) is 17.5. The summed E-state index contributed by atoms with van der Waals surface area (Å²) in [6, 6.07) is 23.4. The van der Waals surface area contributed by atoms with Gasteiger partial charge in [0.25, 0.3) is 0 Å². The first-order chi connectivity index (χ1) is 14.6. The highest BCUT2D eigenvalue weighted by atomic mass is 16.5. The molecule has 0 saturated carbocycles. The van der Waals surface area contributed by atoms with Gasteiger partial charge in [-0.25, -0.2) is 5.43 Å². The van der Waals surface area contributed by atoms with Gasteiger partial charge >= 0.3 is 0 Å². The molecule has 0 bridgehead atoms. The minimum atomic E-state index is -0.338. The Morgan fingerprint density at radius 1 is 0.967 bits per heavy atom. The molecule has 3 aromatic carbocycles. The van der Waals surface area contributed by atoms with E-state index in [1.807, 2.05) is 48.5 Å². The lowest BCUT2D eigenvalue weighted by Gasteiger charge is -2.17. The predicted molar refractivity (Wildman–Crippen MR) is 119 cm³/mol. The maximum atomic E-state index is 13.0. The molecule has 0 aliphatic carbocycles. The molecule has 5 heteroatoms. The van der Waals surface area contributed by atoms with E-state index in [1.165, 1.54) is 5.56 Å². The molecule has 1 amide bonds. The van der Waals surface area contributed by atoms with Crippen molar-refractivity contribution in [1.29, 1.82) is 0 Å². The summed E-state index contributed by atoms with van der Waals surface area (Å²) in [5.41, 5.74) is 6.76. The van der Waals surface area contributed by atoms with Crippen LogP contribution in [-0.4, -0.2) is 26.3 Å². The molecule has 0 aliphatic rings. The monoisotopic (exact) mass is 402 g/mol. The molecule has 0 saturated heterocycles. The van der Waals surface area contributed by atoms with E-state index < -0.39 is 0 Å². The van der Waals surface area contributed by atoms with Crippen LogP contribution in [0.15, 0.2) is 77.9 Å². The maximum absolute atomic E-state index is 13.0. The van der Waals surface area contributed by atoms with E-state index in [-0.39, 0.29) is 11.8 Å². The van der Waals surface area contributed by atoms with Gasteiger partial charge in [0.05, 0.1) is 26.4 Å². The maximum Gasteiger partial charge on any atom is 0.247 e. The van der Waals surface area contributed by atoms with Gasteiger partial charge in [0.2, 0.25) is 5.91 Å². The van der Waals surface area contributed by atoms with Crippen molar-refractivity contribution in [3.8, 4) is 11.5 Å². The quantitative estimate of drug-likeness (QED) is 0.446. The average molecular weight is 402 g/mol. The highest BCUT2D eigenvalue weighted by molar-refractivity contribution is 5.86. The van der Waals surface area contributed by atoms with Gasteiger partial charge in [-0.2, -0.15) is 5.10 Å². The fourth-order valence-corrected chi connectivity index (χ4v) is 3.29. The first-order valence-corrected chi connectivity index (χ1v) is 9.76. The van der Waals surface area contributed by atoms with Crippen LogP contribution in [-0.2, 0) is 11.2 Å². The number of benzene rings is 3. The van der Waals surface area contributed by atoms with E-state index in [4.69, 9.17) is 9.47 Å². The molecular formula is C25H26N2O3. The van der Waals surface area contributed by atoms with Crippen molar-refractivity contribution in [2.45, 2.75) is 19.3 Å². The summed E-state index contributed by atoms with van der Waals surface area (Å²) >= 11 is 0. The van der Waals surface area contributed by atoms with Gasteiger partial charge in [-0.05, 0) is 53.8 Å². The third kappa shape index (κ3) is 5.26. The number of ether oxygens (including phenoxy) is 2. The van der Waals surface area contributed by atoms with Crippen molar-refractivity contribution in [3.05, 3.63) is 95.1 Å². The second-order valence-electron chi connectivity index (χ2n) is 6.94. The largest absolute Gasteiger partial charge is 0.493 e. The minimum absolute atomic E-state index is 0.152. The van der Waals surface area contributed by atoms with Crippen LogP contribution < -0.4 is 14.9 Å². The van der Waals surface area contributed by atoms with Crippen LogP contribution in [0.3, 0.4) is 0 Å². The minimum Gasteiger partial charge on any atom is -0.493 e. The van der Waals surface area contributed by atoms with Gasteiger partial charge in [-0.15, -0.1) is 0 Å². The SMILES string of the molecule is COc1ccc(C=NNC(=O)C(Cc2ccccc2C)c2ccccc2)cc1OC. The van der Waals surface area contributed by atoms with Gasteiger partial charge < -0.3 is 9.47 Å². The zero-order valence-electron chi connectivity index (χ0n) is 17.5. The molecule has 3 rings (SSSR count). The number of hydrazone groups is 1. The summed E-state index contributed by atoms with van der Waals surface area (Å²) in [6.45, 7) is 2.06. The van der Waals surface area contributed by atoms with E-state index in [2.05, 4.69) is 29.6 Å². The van der Waals surface area contributed by atoms with Crippen LogP contribution in [0.4, 0.5) is 0 Å². The Balaban J connectivity index is 1.77. The molecule has 1 unspecified atom stereocenters. The van der Waals surface area contributed by atoms with Crippen molar-refractivity contribution < 1.29 is 14.3 Å². The smallest absolute Gasteiger partial charge is 0.247 e. The molecule has 154 valence electrons. The van der Waals surface area contributed by atoms with Crippen LogP contribution >= 0.6 is 0 Å². The molecular weight excluding hydrogens is 376 g/mol. The molecule has 0 spiro atoms. The van der Waals surface area contributed by atoms with E-state index in [0.717, 1.165) is 16.7 Å². The summed E-state index contributed by atoms with van der Waals surface area (Å²) in [5, 5.41) is 4.16. The van der Waals surface area contributed by atoms with E-state index in [0.29, 0.717) is 17.9 Å². The number of rotatable bonds is 8. The molecule has 30 heavy (non-hydrogen) atoms. The number of carbonyl (C=O) groups excluding carboxylic acids is 1. The highest BCUT2D eigenvalue weighted by Gasteiger charge is 2.21. The molecule has 1 atom stereocenters. The van der Waals surface area contributed by atoms with Crippen LogP contribution in [0.1, 0.15) is 28.2 Å². The van der Waals surface area contributed by atoms with E-state index in [1.54, 1.807) is 32.6 Å². The summed E-state index contributed by atoms with van der Waals surface area (Å²) < 4.78 is 10.5. The lowest BCUT2D eigenvalue weighted by Crippen LogP contribution is -2.27. The van der Waals surface area contributed by atoms with Crippen LogP contribution in [0.2, 0.25) is 0 Å². The Bertz CT molecular complexity index is 1020. The number of carbonyl (C=O) groups is 1. The molecule has 0 radical (unpaired) electrons. The average Bonchev–Trinajstić information content (AvgIpc) is 2.78. The fourth-order valence-electron chi connectivity index (χ4n) is 3.29. The number of methoxy groups -OCH3 is 2. The lowest BCUT2D eigenvalue weighted by molar-refractivity contribution is -0.122. The van der Waals surface area contributed by atoms with Crippen molar-refractivity contribution >= 4 is 12.1 Å². The van der Waals surface area contributed by atoms with Crippen molar-refractivity contribution in [3.63, 3.8) is 0 Å². The van der Waals surface area contributed by atoms with Gasteiger partial charge in [-0.3, -0.25) is 4.79 Å². The Morgan fingerprint density at radius 2 is 1.67 bits per heavy atom. The standard InChI is InChI=1S/C25H26N2O3/c1-18-9-7-8-12-21(18)16-22(20-10-5-4-6-11-20)25(28)27-26-17-19-13-14-23(29-2)24(15-19)30-3/h4-15,17,22H,16H2,1-3H3,(H,27,28). The molecule has 3 aromatic rings. The second kappa shape index (κ2) is 10.3. The van der Waals surface area contributed by atoms with Gasteiger partial charge in [-0.1, -0.05) is 54.6 Å². The summed E-state index contributed by atoms with van der Waals surface area (Å²) in [7, 11) is 3.17.